The molecule has 0 amide bonds. The van der Waals surface area contributed by atoms with Gasteiger partial charge in [0.15, 0.2) is 11.6 Å². The standard InChI is InChI=1S/C14H10BrClF2O/c15-10-5-4-8(6-11(10)16)13(19)7-9-2-1-3-12(17)14(9)18/h1-6,13,19H,7H2. The molecule has 2 aromatic carbocycles. The van der Waals surface area contributed by atoms with Crippen LogP contribution in [0.1, 0.15) is 17.2 Å². The number of hydrogen-bond acceptors (Lipinski definition) is 1. The summed E-state index contributed by atoms with van der Waals surface area (Å²) in [5, 5.41) is 10.5. The van der Waals surface area contributed by atoms with E-state index in [1.807, 2.05) is 0 Å². The summed E-state index contributed by atoms with van der Waals surface area (Å²) in [4.78, 5) is 0. The second kappa shape index (κ2) is 5.99. The summed E-state index contributed by atoms with van der Waals surface area (Å²) in [6, 6.07) is 8.87. The molecule has 0 aliphatic carbocycles. The van der Waals surface area contributed by atoms with Gasteiger partial charge >= 0.3 is 0 Å². The summed E-state index contributed by atoms with van der Waals surface area (Å²) >= 11 is 9.17. The van der Waals surface area contributed by atoms with Crippen LogP contribution in [0.5, 0.6) is 0 Å². The lowest BCUT2D eigenvalue weighted by Gasteiger charge is -2.12. The fourth-order valence-corrected chi connectivity index (χ4v) is 2.19. The van der Waals surface area contributed by atoms with Crippen molar-refractivity contribution in [2.45, 2.75) is 12.5 Å². The minimum Gasteiger partial charge on any atom is -0.388 e. The van der Waals surface area contributed by atoms with Gasteiger partial charge in [0, 0.05) is 10.9 Å². The molecule has 0 spiro atoms. The van der Waals surface area contributed by atoms with Crippen molar-refractivity contribution in [1.82, 2.24) is 0 Å². The first-order valence-corrected chi connectivity index (χ1v) is 6.72. The highest BCUT2D eigenvalue weighted by molar-refractivity contribution is 9.10. The molecule has 0 saturated heterocycles. The van der Waals surface area contributed by atoms with Crippen molar-refractivity contribution in [1.29, 1.82) is 0 Å². The molecular formula is C14H10BrClF2O. The number of rotatable bonds is 3. The fraction of sp³-hybridized carbons (Fsp3) is 0.143. The molecule has 0 saturated carbocycles. The molecule has 19 heavy (non-hydrogen) atoms. The minimum atomic E-state index is -0.943. The molecule has 1 unspecified atom stereocenters. The van der Waals surface area contributed by atoms with Gasteiger partial charge in [-0.1, -0.05) is 29.8 Å². The van der Waals surface area contributed by atoms with E-state index in [1.165, 1.54) is 12.1 Å². The van der Waals surface area contributed by atoms with Gasteiger partial charge in [0.2, 0.25) is 0 Å². The van der Waals surface area contributed by atoms with Crippen LogP contribution in [0.4, 0.5) is 8.78 Å². The summed E-state index contributed by atoms with van der Waals surface area (Å²) < 4.78 is 27.3. The molecule has 5 heteroatoms. The molecule has 0 aliphatic heterocycles. The van der Waals surface area contributed by atoms with Crippen molar-refractivity contribution in [2.24, 2.45) is 0 Å². The summed E-state index contributed by atoms with van der Waals surface area (Å²) in [6.45, 7) is 0. The Labute approximate surface area is 123 Å². The average Bonchev–Trinajstić information content (AvgIpc) is 2.38. The first-order valence-electron chi connectivity index (χ1n) is 5.55. The number of hydrogen-bond donors (Lipinski definition) is 1. The van der Waals surface area contributed by atoms with Gasteiger partial charge in [-0.2, -0.15) is 0 Å². The quantitative estimate of drug-likeness (QED) is 0.856. The Kier molecular flexibility index (Phi) is 4.55. The van der Waals surface area contributed by atoms with Crippen molar-refractivity contribution < 1.29 is 13.9 Å². The van der Waals surface area contributed by atoms with E-state index in [1.54, 1.807) is 18.2 Å². The van der Waals surface area contributed by atoms with Crippen LogP contribution in [0.15, 0.2) is 40.9 Å². The molecule has 0 aliphatic rings. The summed E-state index contributed by atoms with van der Waals surface area (Å²) in [5.74, 6) is -1.84. The normalized spacial score (nSPS) is 12.5. The molecule has 0 fully saturated rings. The lowest BCUT2D eigenvalue weighted by molar-refractivity contribution is 0.177. The molecular weight excluding hydrogens is 338 g/mol. The van der Waals surface area contributed by atoms with Crippen LogP contribution >= 0.6 is 27.5 Å². The first kappa shape index (κ1) is 14.4. The van der Waals surface area contributed by atoms with E-state index < -0.39 is 17.7 Å². The third-order valence-electron chi connectivity index (χ3n) is 2.77. The Balaban J connectivity index is 2.23. The van der Waals surface area contributed by atoms with Crippen LogP contribution in [0.25, 0.3) is 0 Å². The van der Waals surface area contributed by atoms with E-state index in [9.17, 15) is 13.9 Å². The van der Waals surface area contributed by atoms with Crippen molar-refractivity contribution in [3.8, 4) is 0 Å². The second-order valence-corrected chi connectivity index (χ2v) is 5.37. The molecule has 1 N–H and O–H groups in total. The molecule has 100 valence electrons. The summed E-state index contributed by atoms with van der Waals surface area (Å²) in [6.07, 6.45) is -0.955. The van der Waals surface area contributed by atoms with Crippen molar-refractivity contribution >= 4 is 27.5 Å². The zero-order valence-electron chi connectivity index (χ0n) is 9.71. The topological polar surface area (TPSA) is 20.2 Å². The van der Waals surface area contributed by atoms with Crippen molar-refractivity contribution in [3.63, 3.8) is 0 Å². The van der Waals surface area contributed by atoms with Gasteiger partial charge in [-0.3, -0.25) is 0 Å². The van der Waals surface area contributed by atoms with E-state index in [4.69, 9.17) is 11.6 Å². The molecule has 0 heterocycles. The van der Waals surface area contributed by atoms with Gasteiger partial charge < -0.3 is 5.11 Å². The maximum atomic E-state index is 13.5. The van der Waals surface area contributed by atoms with Crippen LogP contribution < -0.4 is 0 Å². The molecule has 0 bridgehead atoms. The average molecular weight is 348 g/mol. The molecule has 2 rings (SSSR count). The molecule has 2 aromatic rings. The summed E-state index contributed by atoms with van der Waals surface area (Å²) in [5.41, 5.74) is 0.684. The highest BCUT2D eigenvalue weighted by Crippen LogP contribution is 2.28. The number of aliphatic hydroxyl groups excluding tert-OH is 1. The Hall–Kier alpha value is -0.970. The van der Waals surface area contributed by atoms with Gasteiger partial charge in [0.25, 0.3) is 0 Å². The van der Waals surface area contributed by atoms with Gasteiger partial charge in [-0.15, -0.1) is 0 Å². The molecule has 1 nitrogen and oxygen atoms in total. The second-order valence-electron chi connectivity index (χ2n) is 4.11. The van der Waals surface area contributed by atoms with E-state index >= 15 is 0 Å². The Morgan fingerprint density at radius 2 is 1.95 bits per heavy atom. The number of benzene rings is 2. The maximum Gasteiger partial charge on any atom is 0.162 e. The van der Waals surface area contributed by atoms with Crippen LogP contribution in [0, 0.1) is 11.6 Å². The zero-order chi connectivity index (χ0) is 14.0. The van der Waals surface area contributed by atoms with E-state index in [0.29, 0.717) is 15.1 Å². The fourth-order valence-electron chi connectivity index (χ4n) is 1.75. The van der Waals surface area contributed by atoms with E-state index in [-0.39, 0.29) is 12.0 Å². The SMILES string of the molecule is OC(Cc1cccc(F)c1F)c1ccc(Br)c(Cl)c1. The molecule has 0 aromatic heterocycles. The lowest BCUT2D eigenvalue weighted by Crippen LogP contribution is -2.04. The minimum absolute atomic E-state index is 0.0123. The van der Waals surface area contributed by atoms with E-state index in [0.717, 1.165) is 6.07 Å². The predicted molar refractivity (Wildman–Crippen MR) is 74.2 cm³/mol. The third kappa shape index (κ3) is 3.32. The largest absolute Gasteiger partial charge is 0.388 e. The van der Waals surface area contributed by atoms with Gasteiger partial charge in [-0.05, 0) is 45.3 Å². The van der Waals surface area contributed by atoms with Gasteiger partial charge in [0.05, 0.1) is 11.1 Å². The number of halogens is 4. The lowest BCUT2D eigenvalue weighted by atomic mass is 10.0. The van der Waals surface area contributed by atoms with Crippen LogP contribution in [0.3, 0.4) is 0 Å². The maximum absolute atomic E-state index is 13.5. The highest BCUT2D eigenvalue weighted by Gasteiger charge is 2.14. The summed E-state index contributed by atoms with van der Waals surface area (Å²) in [7, 11) is 0. The van der Waals surface area contributed by atoms with Crippen molar-refractivity contribution in [3.05, 3.63) is 68.7 Å². The van der Waals surface area contributed by atoms with Crippen LogP contribution in [-0.2, 0) is 6.42 Å². The molecule has 0 radical (unpaired) electrons. The highest BCUT2D eigenvalue weighted by atomic mass is 79.9. The zero-order valence-corrected chi connectivity index (χ0v) is 12.0. The smallest absolute Gasteiger partial charge is 0.162 e. The Morgan fingerprint density at radius 3 is 2.63 bits per heavy atom. The first-order chi connectivity index (χ1) is 8.99. The van der Waals surface area contributed by atoms with Gasteiger partial charge in [-0.25, -0.2) is 8.78 Å². The number of aliphatic hydroxyl groups is 1. The third-order valence-corrected chi connectivity index (χ3v) is 4.01. The van der Waals surface area contributed by atoms with Crippen LogP contribution in [-0.4, -0.2) is 5.11 Å². The Morgan fingerprint density at radius 1 is 1.21 bits per heavy atom. The van der Waals surface area contributed by atoms with Gasteiger partial charge in [0.1, 0.15) is 0 Å². The Bertz CT molecular complexity index is 604. The molecule has 1 atom stereocenters. The predicted octanol–water partition coefficient (Wildman–Crippen LogP) is 4.66. The monoisotopic (exact) mass is 346 g/mol. The van der Waals surface area contributed by atoms with Crippen molar-refractivity contribution in [2.75, 3.05) is 0 Å². The van der Waals surface area contributed by atoms with E-state index in [2.05, 4.69) is 15.9 Å². The van der Waals surface area contributed by atoms with Crippen LogP contribution in [0.2, 0.25) is 5.02 Å².